The van der Waals surface area contributed by atoms with E-state index < -0.39 is 5.79 Å². The van der Waals surface area contributed by atoms with Gasteiger partial charge in [0.25, 0.3) is 0 Å². The molecule has 0 radical (unpaired) electrons. The van der Waals surface area contributed by atoms with Crippen molar-refractivity contribution < 1.29 is 23.7 Å². The quantitative estimate of drug-likeness (QED) is 0.665. The summed E-state index contributed by atoms with van der Waals surface area (Å²) in [6.07, 6.45) is 4.21. The zero-order chi connectivity index (χ0) is 21.8. The Labute approximate surface area is 180 Å². The molecule has 0 spiro atoms. The lowest BCUT2D eigenvalue weighted by Gasteiger charge is -2.43. The Morgan fingerprint density at radius 1 is 1.10 bits per heavy atom. The normalized spacial score (nSPS) is 22.4. The van der Waals surface area contributed by atoms with E-state index in [0.29, 0.717) is 57.9 Å². The van der Waals surface area contributed by atoms with Crippen LogP contribution in [0.1, 0.15) is 37.0 Å². The van der Waals surface area contributed by atoms with Crippen LogP contribution in [0.3, 0.4) is 0 Å². The molecule has 5 rings (SSSR count). The summed E-state index contributed by atoms with van der Waals surface area (Å²) in [5, 5.41) is 11.5. The Bertz CT molecular complexity index is 1230. The molecule has 1 N–H and O–H groups in total. The lowest BCUT2D eigenvalue weighted by atomic mass is 9.77. The number of ether oxygens (including phenoxy) is 3. The summed E-state index contributed by atoms with van der Waals surface area (Å²) in [4.78, 5) is 13.5. The summed E-state index contributed by atoms with van der Waals surface area (Å²) in [5.41, 5.74) is 2.53. The van der Waals surface area contributed by atoms with Crippen LogP contribution in [0.25, 0.3) is 22.1 Å². The maximum Gasteiger partial charge on any atom is 0.211 e. The molecular formula is C25H26O6. The molecule has 0 saturated heterocycles. The van der Waals surface area contributed by atoms with E-state index in [1.54, 1.807) is 45.4 Å². The molecule has 2 atom stereocenters. The minimum Gasteiger partial charge on any atom is -0.493 e. The van der Waals surface area contributed by atoms with Gasteiger partial charge in [-0.1, -0.05) is 12.5 Å². The van der Waals surface area contributed by atoms with Gasteiger partial charge in [0.15, 0.2) is 11.5 Å². The molecule has 1 fully saturated rings. The summed E-state index contributed by atoms with van der Waals surface area (Å²) in [6, 6.07) is 8.91. The van der Waals surface area contributed by atoms with Gasteiger partial charge in [0.1, 0.15) is 17.1 Å². The van der Waals surface area contributed by atoms with E-state index in [2.05, 4.69) is 0 Å². The Balaban J connectivity index is 1.67. The van der Waals surface area contributed by atoms with Crippen molar-refractivity contribution in [1.82, 2.24) is 0 Å². The Kier molecular flexibility index (Phi) is 4.70. The highest BCUT2D eigenvalue weighted by Gasteiger charge is 2.45. The van der Waals surface area contributed by atoms with Gasteiger partial charge in [-0.05, 0) is 56.0 Å². The first-order valence-electron chi connectivity index (χ1n) is 10.7. The van der Waals surface area contributed by atoms with E-state index in [1.165, 1.54) is 0 Å². The van der Waals surface area contributed by atoms with Crippen LogP contribution in [0.15, 0.2) is 39.5 Å². The molecule has 1 saturated carbocycles. The fourth-order valence-electron chi connectivity index (χ4n) is 5.05. The minimum absolute atomic E-state index is 0.00971. The molecule has 2 aliphatic rings. The van der Waals surface area contributed by atoms with Crippen molar-refractivity contribution in [3.05, 3.63) is 51.9 Å². The van der Waals surface area contributed by atoms with Crippen molar-refractivity contribution in [2.45, 2.75) is 44.8 Å². The van der Waals surface area contributed by atoms with Crippen LogP contribution in [0.4, 0.5) is 0 Å². The lowest BCUT2D eigenvalue weighted by molar-refractivity contribution is -0.203. The number of hydrogen-bond donors (Lipinski definition) is 1. The summed E-state index contributed by atoms with van der Waals surface area (Å²) in [7, 11) is 3.14. The maximum atomic E-state index is 13.5. The number of rotatable bonds is 3. The fraction of sp³-hybridized carbons (Fsp3) is 0.400. The van der Waals surface area contributed by atoms with Gasteiger partial charge in [-0.3, -0.25) is 4.79 Å². The van der Waals surface area contributed by atoms with Crippen molar-refractivity contribution in [2.75, 3.05) is 14.2 Å². The minimum atomic E-state index is -1.12. The van der Waals surface area contributed by atoms with Gasteiger partial charge < -0.3 is 23.7 Å². The number of hydrogen-bond acceptors (Lipinski definition) is 6. The average Bonchev–Trinajstić information content (AvgIpc) is 2.77. The van der Waals surface area contributed by atoms with E-state index in [0.717, 1.165) is 24.8 Å². The zero-order valence-electron chi connectivity index (χ0n) is 18.0. The largest absolute Gasteiger partial charge is 0.493 e. The second kappa shape index (κ2) is 7.31. The second-order valence-corrected chi connectivity index (χ2v) is 8.44. The first-order valence-corrected chi connectivity index (χ1v) is 10.7. The van der Waals surface area contributed by atoms with Crippen molar-refractivity contribution in [2.24, 2.45) is 5.92 Å². The molecule has 2 heterocycles. The maximum absolute atomic E-state index is 13.5. The van der Waals surface area contributed by atoms with Crippen molar-refractivity contribution >= 4 is 11.0 Å². The van der Waals surface area contributed by atoms with Crippen LogP contribution in [0.5, 0.6) is 17.2 Å². The molecule has 31 heavy (non-hydrogen) atoms. The van der Waals surface area contributed by atoms with E-state index >= 15 is 0 Å². The topological polar surface area (TPSA) is 78.1 Å². The van der Waals surface area contributed by atoms with Gasteiger partial charge in [0.05, 0.1) is 25.2 Å². The van der Waals surface area contributed by atoms with Crippen LogP contribution in [-0.4, -0.2) is 25.1 Å². The van der Waals surface area contributed by atoms with Crippen LogP contribution >= 0.6 is 0 Å². The van der Waals surface area contributed by atoms with E-state index in [1.807, 2.05) is 6.07 Å². The molecule has 1 aromatic heterocycles. The summed E-state index contributed by atoms with van der Waals surface area (Å²) in [6.45, 7) is 1.80. The standard InChI is InChI=1S/C25H26O6/c1-14-22(15-7-9-20(28-2)21(12-15)29-3)23(26)17-8-10-19-18(24(17)30-14)13-16-6-4-5-11-25(16,27)31-19/h7-10,12,16,27H,4-6,11,13H2,1-3H3. The zero-order valence-corrected chi connectivity index (χ0v) is 18.0. The molecular weight excluding hydrogens is 396 g/mol. The first-order chi connectivity index (χ1) is 14.9. The molecule has 6 nitrogen and oxygen atoms in total. The third-order valence-electron chi connectivity index (χ3n) is 6.68. The summed E-state index contributed by atoms with van der Waals surface area (Å²) < 4.78 is 23.0. The Morgan fingerprint density at radius 2 is 1.90 bits per heavy atom. The van der Waals surface area contributed by atoms with Crippen LogP contribution < -0.4 is 19.6 Å². The molecule has 6 heteroatoms. The van der Waals surface area contributed by atoms with Gasteiger partial charge in [-0.25, -0.2) is 0 Å². The number of methoxy groups -OCH3 is 2. The van der Waals surface area contributed by atoms with E-state index in [9.17, 15) is 9.90 Å². The van der Waals surface area contributed by atoms with Crippen molar-refractivity contribution in [3.63, 3.8) is 0 Å². The molecule has 1 aliphatic heterocycles. The lowest BCUT2D eigenvalue weighted by Crippen LogP contribution is -2.49. The number of benzene rings is 2. The molecule has 0 bridgehead atoms. The van der Waals surface area contributed by atoms with E-state index in [4.69, 9.17) is 18.6 Å². The van der Waals surface area contributed by atoms with Crippen molar-refractivity contribution in [1.29, 1.82) is 0 Å². The molecule has 1 aliphatic carbocycles. The highest BCUT2D eigenvalue weighted by Crippen LogP contribution is 2.46. The number of aliphatic hydroxyl groups is 1. The predicted molar refractivity (Wildman–Crippen MR) is 117 cm³/mol. The van der Waals surface area contributed by atoms with Crippen molar-refractivity contribution in [3.8, 4) is 28.4 Å². The summed E-state index contributed by atoms with van der Waals surface area (Å²) in [5.74, 6) is 1.18. The molecule has 2 unspecified atom stereocenters. The van der Waals surface area contributed by atoms with E-state index in [-0.39, 0.29) is 11.3 Å². The third kappa shape index (κ3) is 3.08. The summed E-state index contributed by atoms with van der Waals surface area (Å²) >= 11 is 0. The fourth-order valence-corrected chi connectivity index (χ4v) is 5.05. The number of aryl methyl sites for hydroxylation is 1. The van der Waals surface area contributed by atoms with Gasteiger partial charge in [-0.15, -0.1) is 0 Å². The predicted octanol–water partition coefficient (Wildman–Crippen LogP) is 4.60. The highest BCUT2D eigenvalue weighted by atomic mass is 16.6. The first kappa shape index (κ1) is 19.9. The van der Waals surface area contributed by atoms with Crippen LogP contribution in [0, 0.1) is 12.8 Å². The Morgan fingerprint density at radius 3 is 2.68 bits per heavy atom. The van der Waals surface area contributed by atoms with Gasteiger partial charge >= 0.3 is 0 Å². The average molecular weight is 422 g/mol. The Hall–Kier alpha value is -2.99. The highest BCUT2D eigenvalue weighted by molar-refractivity contribution is 5.87. The molecule has 0 amide bonds. The van der Waals surface area contributed by atoms with Crippen LogP contribution in [-0.2, 0) is 6.42 Å². The SMILES string of the molecule is COc1ccc(-c2c(C)oc3c4c(ccc3c2=O)OC2(O)CCCCC2C4)cc1OC. The number of fused-ring (bicyclic) bond motifs is 4. The molecule has 162 valence electrons. The third-order valence-corrected chi connectivity index (χ3v) is 6.68. The van der Waals surface area contributed by atoms with Crippen LogP contribution in [0.2, 0.25) is 0 Å². The molecule has 2 aromatic carbocycles. The smallest absolute Gasteiger partial charge is 0.211 e. The van der Waals surface area contributed by atoms with Gasteiger partial charge in [0, 0.05) is 17.9 Å². The second-order valence-electron chi connectivity index (χ2n) is 8.44. The molecule has 3 aromatic rings. The van der Waals surface area contributed by atoms with Gasteiger partial charge in [-0.2, -0.15) is 0 Å². The monoisotopic (exact) mass is 422 g/mol. The van der Waals surface area contributed by atoms with Gasteiger partial charge in [0.2, 0.25) is 11.2 Å².